The van der Waals surface area contributed by atoms with Crippen LogP contribution in [-0.4, -0.2) is 21.4 Å². The molecule has 5 nitrogen and oxygen atoms in total. The number of hydrogen-bond donors (Lipinski definition) is 2. The van der Waals surface area contributed by atoms with Crippen molar-refractivity contribution in [3.8, 4) is 0 Å². The Bertz CT molecular complexity index is 641. The molecule has 1 saturated carbocycles. The normalized spacial score (nSPS) is 24.7. The molecule has 2 aliphatic rings. The van der Waals surface area contributed by atoms with Gasteiger partial charge in [-0.1, -0.05) is 34.6 Å². The molecule has 3 N–H and O–H groups in total. The van der Waals surface area contributed by atoms with E-state index in [1.807, 2.05) is 6.20 Å². The van der Waals surface area contributed by atoms with Crippen molar-refractivity contribution in [1.29, 1.82) is 0 Å². The maximum Gasteiger partial charge on any atom is 0.240 e. The van der Waals surface area contributed by atoms with E-state index in [1.165, 1.54) is 0 Å². The quantitative estimate of drug-likeness (QED) is 0.878. The van der Waals surface area contributed by atoms with Gasteiger partial charge in [0.25, 0.3) is 0 Å². The monoisotopic (exact) mass is 316 g/mol. The molecule has 1 heterocycles. The summed E-state index contributed by atoms with van der Waals surface area (Å²) in [6.45, 7) is 10.8. The second-order valence-corrected chi connectivity index (χ2v) is 9.07. The van der Waals surface area contributed by atoms with Crippen LogP contribution in [-0.2, 0) is 16.6 Å². The molecule has 1 aromatic heterocycles. The van der Waals surface area contributed by atoms with Crippen molar-refractivity contribution in [2.75, 3.05) is 0 Å². The van der Waals surface area contributed by atoms with Gasteiger partial charge in [0.05, 0.1) is 11.6 Å². The van der Waals surface area contributed by atoms with E-state index in [4.69, 9.17) is 10.7 Å². The minimum atomic E-state index is -0.645. The Kier molecular flexibility index (Phi) is 3.56. The van der Waals surface area contributed by atoms with E-state index in [2.05, 4.69) is 44.9 Å². The summed E-state index contributed by atoms with van der Waals surface area (Å²) in [5, 5.41) is 3.15. The smallest absolute Gasteiger partial charge is 0.240 e. The van der Waals surface area contributed by atoms with Crippen molar-refractivity contribution >= 4 is 5.91 Å². The van der Waals surface area contributed by atoms with Crippen LogP contribution in [0.3, 0.4) is 0 Å². The predicted octanol–water partition coefficient (Wildman–Crippen LogP) is 2.40. The Morgan fingerprint density at radius 3 is 2.57 bits per heavy atom. The van der Waals surface area contributed by atoms with Crippen LogP contribution < -0.4 is 11.1 Å². The third kappa shape index (κ3) is 3.25. The molecule has 5 heteroatoms. The van der Waals surface area contributed by atoms with Crippen LogP contribution in [0.5, 0.6) is 0 Å². The molecule has 23 heavy (non-hydrogen) atoms. The van der Waals surface area contributed by atoms with Gasteiger partial charge in [0.2, 0.25) is 5.91 Å². The molecule has 126 valence electrons. The van der Waals surface area contributed by atoms with Crippen LogP contribution in [0.25, 0.3) is 0 Å². The zero-order chi connectivity index (χ0) is 17.0. The van der Waals surface area contributed by atoms with E-state index in [9.17, 15) is 4.79 Å². The number of nitrogens with one attached hydrogen (secondary N) is 1. The molecular formula is C18H28N4O. The van der Waals surface area contributed by atoms with Crippen LogP contribution in [0.4, 0.5) is 0 Å². The summed E-state index contributed by atoms with van der Waals surface area (Å²) in [5.74, 6) is 0.822. The molecule has 1 amide bonds. The molecule has 0 saturated heterocycles. The highest BCUT2D eigenvalue weighted by Gasteiger charge is 2.47. The zero-order valence-corrected chi connectivity index (χ0v) is 14.9. The molecule has 0 radical (unpaired) electrons. The lowest BCUT2D eigenvalue weighted by Gasteiger charge is -2.37. The maximum absolute atomic E-state index is 12.4. The van der Waals surface area contributed by atoms with Crippen molar-refractivity contribution in [2.45, 2.75) is 77.3 Å². The van der Waals surface area contributed by atoms with Crippen molar-refractivity contribution in [3.05, 3.63) is 23.3 Å². The van der Waals surface area contributed by atoms with Crippen LogP contribution in [0.15, 0.2) is 6.20 Å². The van der Waals surface area contributed by atoms with Crippen LogP contribution >= 0.6 is 0 Å². The standard InChI is InChI=1S/C18H28N4O/c1-16(2,3)14-20-10-11-12(21-14)8-17(4,5)9-13(11)22-15(23)18(19)6-7-18/h10,13H,6-9,19H2,1-5H3,(H,22,23)/t13-/m0/s1. The molecule has 0 aliphatic heterocycles. The lowest BCUT2D eigenvalue weighted by Crippen LogP contribution is -2.46. The number of hydrogen-bond acceptors (Lipinski definition) is 4. The summed E-state index contributed by atoms with van der Waals surface area (Å²) in [6.07, 6.45) is 5.26. The first-order chi connectivity index (χ1) is 10.5. The van der Waals surface area contributed by atoms with Gasteiger partial charge in [-0.15, -0.1) is 0 Å². The van der Waals surface area contributed by atoms with Gasteiger partial charge in [-0.25, -0.2) is 9.97 Å². The zero-order valence-electron chi connectivity index (χ0n) is 14.9. The van der Waals surface area contributed by atoms with E-state index < -0.39 is 5.54 Å². The van der Waals surface area contributed by atoms with E-state index in [0.717, 1.165) is 42.8 Å². The van der Waals surface area contributed by atoms with E-state index in [1.54, 1.807) is 0 Å². The number of amides is 1. The second-order valence-electron chi connectivity index (χ2n) is 9.07. The average Bonchev–Trinajstić information content (AvgIpc) is 3.15. The highest BCUT2D eigenvalue weighted by Crippen LogP contribution is 2.41. The molecule has 1 aromatic rings. The molecular weight excluding hydrogens is 288 g/mol. The van der Waals surface area contributed by atoms with Crippen molar-refractivity contribution in [3.63, 3.8) is 0 Å². The van der Waals surface area contributed by atoms with Gasteiger partial charge in [-0.2, -0.15) is 0 Å². The first-order valence-corrected chi connectivity index (χ1v) is 8.46. The van der Waals surface area contributed by atoms with Gasteiger partial charge in [0, 0.05) is 22.9 Å². The summed E-state index contributed by atoms with van der Waals surface area (Å²) in [6, 6.07) is -0.0451. The molecule has 0 unspecified atom stereocenters. The van der Waals surface area contributed by atoms with E-state index in [0.29, 0.717) is 0 Å². The summed E-state index contributed by atoms with van der Waals surface area (Å²) in [7, 11) is 0. The van der Waals surface area contributed by atoms with E-state index >= 15 is 0 Å². The van der Waals surface area contributed by atoms with Gasteiger partial charge in [0.1, 0.15) is 5.82 Å². The average molecular weight is 316 g/mol. The highest BCUT2D eigenvalue weighted by atomic mass is 16.2. The third-order valence-corrected chi connectivity index (χ3v) is 4.90. The Morgan fingerprint density at radius 2 is 2.00 bits per heavy atom. The molecule has 3 rings (SSSR count). The predicted molar refractivity (Wildman–Crippen MR) is 89.9 cm³/mol. The van der Waals surface area contributed by atoms with E-state index in [-0.39, 0.29) is 22.8 Å². The highest BCUT2D eigenvalue weighted by molar-refractivity contribution is 5.89. The second kappa shape index (κ2) is 5.00. The van der Waals surface area contributed by atoms with Crippen LogP contribution in [0.1, 0.15) is 77.0 Å². The maximum atomic E-state index is 12.4. The lowest BCUT2D eigenvalue weighted by atomic mass is 9.74. The van der Waals surface area contributed by atoms with Crippen LogP contribution in [0, 0.1) is 5.41 Å². The Hall–Kier alpha value is -1.49. The number of rotatable bonds is 2. The number of carbonyl (C=O) groups excluding carboxylic acids is 1. The first kappa shape index (κ1) is 16.4. The SMILES string of the molecule is CC1(C)Cc2nc(C(C)(C)C)ncc2[C@@H](NC(=O)C2(N)CC2)C1. The molecule has 0 aromatic carbocycles. The summed E-state index contributed by atoms with van der Waals surface area (Å²) < 4.78 is 0. The molecule has 0 bridgehead atoms. The lowest BCUT2D eigenvalue weighted by molar-refractivity contribution is -0.124. The number of fused-ring (bicyclic) bond motifs is 1. The van der Waals surface area contributed by atoms with Gasteiger partial charge in [0.15, 0.2) is 0 Å². The number of carbonyl (C=O) groups is 1. The van der Waals surface area contributed by atoms with Gasteiger partial charge < -0.3 is 11.1 Å². The summed E-state index contributed by atoms with van der Waals surface area (Å²) in [5.41, 5.74) is 7.52. The Labute approximate surface area is 138 Å². The molecule has 1 fully saturated rings. The van der Waals surface area contributed by atoms with Crippen molar-refractivity contribution in [1.82, 2.24) is 15.3 Å². The number of nitrogens with two attached hydrogens (primary N) is 1. The van der Waals surface area contributed by atoms with Crippen molar-refractivity contribution in [2.24, 2.45) is 11.1 Å². The third-order valence-electron chi connectivity index (χ3n) is 4.90. The fourth-order valence-electron chi connectivity index (χ4n) is 3.20. The first-order valence-electron chi connectivity index (χ1n) is 8.46. The Morgan fingerprint density at radius 1 is 1.35 bits per heavy atom. The summed E-state index contributed by atoms with van der Waals surface area (Å²) in [4.78, 5) is 21.7. The molecule has 2 aliphatic carbocycles. The number of nitrogens with zero attached hydrogens (tertiary/aromatic N) is 2. The fourth-order valence-corrected chi connectivity index (χ4v) is 3.20. The Balaban J connectivity index is 1.92. The van der Waals surface area contributed by atoms with Crippen LogP contribution in [0.2, 0.25) is 0 Å². The fraction of sp³-hybridized carbons (Fsp3) is 0.722. The number of aromatic nitrogens is 2. The largest absolute Gasteiger partial charge is 0.348 e. The minimum absolute atomic E-state index is 0.0361. The van der Waals surface area contributed by atoms with Gasteiger partial charge in [-0.05, 0) is 31.1 Å². The summed E-state index contributed by atoms with van der Waals surface area (Å²) >= 11 is 0. The molecule has 0 spiro atoms. The topological polar surface area (TPSA) is 80.9 Å². The molecule has 1 atom stereocenters. The van der Waals surface area contributed by atoms with Crippen molar-refractivity contribution < 1.29 is 4.79 Å². The minimum Gasteiger partial charge on any atom is -0.348 e. The van der Waals surface area contributed by atoms with Gasteiger partial charge >= 0.3 is 0 Å². The van der Waals surface area contributed by atoms with Gasteiger partial charge in [-0.3, -0.25) is 4.79 Å².